The molecular formula is C27H26F4N4O6. The molecule has 0 bridgehead atoms. The molecule has 1 N–H and O–H groups in total. The molecule has 1 spiro atoms. The van der Waals surface area contributed by atoms with Crippen molar-refractivity contribution in [2.24, 2.45) is 0 Å². The van der Waals surface area contributed by atoms with Crippen LogP contribution < -0.4 is 15.0 Å². The number of benzene rings is 1. The first-order chi connectivity index (χ1) is 19.4. The van der Waals surface area contributed by atoms with E-state index < -0.39 is 59.0 Å². The Hall–Kier alpha value is -4.20. The van der Waals surface area contributed by atoms with Crippen LogP contribution in [0.5, 0.6) is 5.75 Å². The van der Waals surface area contributed by atoms with Gasteiger partial charge < -0.3 is 19.7 Å². The number of amides is 5. The zero-order valence-corrected chi connectivity index (χ0v) is 21.9. The highest BCUT2D eigenvalue weighted by Gasteiger charge is 2.58. The summed E-state index contributed by atoms with van der Waals surface area (Å²) in [7, 11) is 1.39. The van der Waals surface area contributed by atoms with Gasteiger partial charge in [0, 0.05) is 31.4 Å². The number of carbonyl (C=O) groups excluding carboxylic acids is 4. The van der Waals surface area contributed by atoms with Gasteiger partial charge in [-0.1, -0.05) is 6.08 Å². The number of likely N-dealkylation sites (N-methyl/N-ethyl adjacent to an activating group) is 1. The van der Waals surface area contributed by atoms with Gasteiger partial charge in [0.05, 0.1) is 24.3 Å². The summed E-state index contributed by atoms with van der Waals surface area (Å²) in [5, 5.41) is 2.19. The number of halogens is 4. The standard InChI is InChI=1S/C27H26F4N4O6/c1-33-24(38)26(35(25(33)39)18-5-6-21-16(11-18)14-40-15-41-21)7-9-34(10-8-26)22(36)13-32-23(37)19-12-17(27(29,30)31)3-2-4-20(19)28/h3-6,11-12H,2,7-10,13-15H2,1H3,(H,32,37). The van der Waals surface area contributed by atoms with Crippen molar-refractivity contribution in [2.75, 3.05) is 38.4 Å². The van der Waals surface area contributed by atoms with Gasteiger partial charge in [-0.15, -0.1) is 0 Å². The maximum Gasteiger partial charge on any atom is 0.416 e. The molecule has 218 valence electrons. The fourth-order valence-electron chi connectivity index (χ4n) is 5.38. The minimum atomic E-state index is -4.77. The Labute approximate surface area is 231 Å². The molecule has 10 nitrogen and oxygen atoms in total. The molecule has 1 aliphatic carbocycles. The van der Waals surface area contributed by atoms with Crippen LogP contribution in [0.25, 0.3) is 0 Å². The maximum atomic E-state index is 14.3. The SMILES string of the molecule is CN1C(=O)N(c2ccc3c(c2)COCO3)C2(CCN(C(=O)CNC(=O)C3=CC(C(F)(F)F)=CCC=C3F)CC2)C1=O. The topological polar surface area (TPSA) is 108 Å². The molecule has 1 aromatic carbocycles. The molecular weight excluding hydrogens is 552 g/mol. The number of imide groups is 1. The first kappa shape index (κ1) is 28.3. The van der Waals surface area contributed by atoms with Gasteiger partial charge >= 0.3 is 12.2 Å². The summed E-state index contributed by atoms with van der Waals surface area (Å²) in [5.74, 6) is -2.66. The molecule has 2 saturated heterocycles. The monoisotopic (exact) mass is 578 g/mol. The van der Waals surface area contributed by atoms with Crippen LogP contribution in [-0.4, -0.2) is 78.7 Å². The number of likely N-dealkylation sites (tertiary alicyclic amines) is 1. The molecule has 0 saturated carbocycles. The summed E-state index contributed by atoms with van der Waals surface area (Å²) < 4.78 is 64.5. The van der Waals surface area contributed by atoms with Gasteiger partial charge in [-0.05, 0) is 49.6 Å². The van der Waals surface area contributed by atoms with Gasteiger partial charge in [0.1, 0.15) is 17.1 Å². The Kier molecular flexibility index (Phi) is 7.36. The van der Waals surface area contributed by atoms with E-state index in [0.717, 1.165) is 22.6 Å². The molecule has 0 atom stereocenters. The van der Waals surface area contributed by atoms with E-state index in [9.17, 15) is 36.7 Å². The molecule has 0 unspecified atom stereocenters. The number of nitrogens with one attached hydrogen (secondary N) is 1. The van der Waals surface area contributed by atoms with Gasteiger partial charge in [-0.2, -0.15) is 13.2 Å². The Balaban J connectivity index is 1.26. The third kappa shape index (κ3) is 5.19. The van der Waals surface area contributed by atoms with Crippen molar-refractivity contribution in [1.29, 1.82) is 0 Å². The summed E-state index contributed by atoms with van der Waals surface area (Å²) in [6.07, 6.45) is -2.89. The highest BCUT2D eigenvalue weighted by Crippen LogP contribution is 2.41. The summed E-state index contributed by atoms with van der Waals surface area (Å²) in [6.45, 7) is -0.0805. The largest absolute Gasteiger partial charge is 0.467 e. The highest BCUT2D eigenvalue weighted by atomic mass is 19.4. The quantitative estimate of drug-likeness (QED) is 0.435. The number of hydrogen-bond donors (Lipinski definition) is 1. The summed E-state index contributed by atoms with van der Waals surface area (Å²) in [6, 6.07) is 4.59. The predicted molar refractivity (Wildman–Crippen MR) is 135 cm³/mol. The number of alkyl halides is 3. The average molecular weight is 579 g/mol. The molecule has 3 aliphatic heterocycles. The molecule has 5 rings (SSSR count). The lowest BCUT2D eigenvalue weighted by atomic mass is 9.85. The van der Waals surface area contributed by atoms with Crippen LogP contribution in [0.1, 0.15) is 24.8 Å². The van der Waals surface area contributed by atoms with E-state index in [0.29, 0.717) is 17.5 Å². The van der Waals surface area contributed by atoms with Crippen LogP contribution in [0, 0.1) is 0 Å². The molecule has 14 heteroatoms. The number of rotatable bonds is 4. The number of hydrogen-bond acceptors (Lipinski definition) is 6. The molecule has 5 amide bonds. The van der Waals surface area contributed by atoms with E-state index in [1.54, 1.807) is 18.2 Å². The van der Waals surface area contributed by atoms with Gasteiger partial charge in [0.15, 0.2) is 6.79 Å². The van der Waals surface area contributed by atoms with E-state index in [2.05, 4.69) is 5.32 Å². The smallest absolute Gasteiger partial charge is 0.416 e. The number of carbonyl (C=O) groups is 4. The molecule has 0 radical (unpaired) electrons. The molecule has 4 aliphatic rings. The van der Waals surface area contributed by atoms with Crippen molar-refractivity contribution in [3.05, 3.63) is 59.0 Å². The third-order valence-electron chi connectivity index (χ3n) is 7.57. The van der Waals surface area contributed by atoms with Crippen molar-refractivity contribution >= 4 is 29.4 Å². The normalized spacial score (nSPS) is 20.6. The number of urea groups is 1. The van der Waals surface area contributed by atoms with E-state index in [-0.39, 0.29) is 45.8 Å². The Morgan fingerprint density at radius 3 is 2.56 bits per heavy atom. The third-order valence-corrected chi connectivity index (χ3v) is 7.57. The van der Waals surface area contributed by atoms with Crippen LogP contribution in [0.4, 0.5) is 28.0 Å². The zero-order chi connectivity index (χ0) is 29.5. The van der Waals surface area contributed by atoms with Gasteiger partial charge in [0.2, 0.25) is 5.91 Å². The fraction of sp³-hybridized carbons (Fsp3) is 0.407. The number of fused-ring (bicyclic) bond motifs is 1. The van der Waals surface area contributed by atoms with E-state index >= 15 is 0 Å². The van der Waals surface area contributed by atoms with E-state index in [4.69, 9.17) is 9.47 Å². The summed E-state index contributed by atoms with van der Waals surface area (Å²) >= 11 is 0. The van der Waals surface area contributed by atoms with Crippen molar-refractivity contribution in [1.82, 2.24) is 15.1 Å². The zero-order valence-electron chi connectivity index (χ0n) is 21.9. The maximum absolute atomic E-state index is 14.3. The van der Waals surface area contributed by atoms with Crippen molar-refractivity contribution < 1.29 is 46.2 Å². The molecule has 3 heterocycles. The van der Waals surface area contributed by atoms with Gasteiger partial charge in [-0.3, -0.25) is 24.2 Å². The van der Waals surface area contributed by atoms with Crippen LogP contribution in [0.3, 0.4) is 0 Å². The number of piperidine rings is 1. The van der Waals surface area contributed by atoms with Crippen molar-refractivity contribution in [3.8, 4) is 5.75 Å². The molecule has 2 fully saturated rings. The second-order valence-corrected chi connectivity index (χ2v) is 9.98. The highest BCUT2D eigenvalue weighted by molar-refractivity contribution is 6.16. The fourth-order valence-corrected chi connectivity index (χ4v) is 5.38. The second kappa shape index (κ2) is 10.7. The first-order valence-corrected chi connectivity index (χ1v) is 12.8. The first-order valence-electron chi connectivity index (χ1n) is 12.8. The number of anilines is 1. The van der Waals surface area contributed by atoms with Crippen LogP contribution in [-0.2, 0) is 25.7 Å². The lowest BCUT2D eigenvalue weighted by Crippen LogP contribution is -2.58. The van der Waals surface area contributed by atoms with Gasteiger partial charge in [0.25, 0.3) is 11.8 Å². The second-order valence-electron chi connectivity index (χ2n) is 9.98. The average Bonchev–Trinajstić information content (AvgIpc) is 3.08. The van der Waals surface area contributed by atoms with Crippen molar-refractivity contribution in [2.45, 2.75) is 37.6 Å². The number of nitrogens with zero attached hydrogens (tertiary/aromatic N) is 3. The van der Waals surface area contributed by atoms with Gasteiger partial charge in [-0.25, -0.2) is 9.18 Å². The van der Waals surface area contributed by atoms with Crippen LogP contribution in [0.2, 0.25) is 0 Å². The summed E-state index contributed by atoms with van der Waals surface area (Å²) in [4.78, 5) is 55.7. The minimum absolute atomic E-state index is 0.0626. The minimum Gasteiger partial charge on any atom is -0.467 e. The number of allylic oxidation sites excluding steroid dienone is 4. The van der Waals surface area contributed by atoms with Crippen molar-refractivity contribution in [3.63, 3.8) is 0 Å². The van der Waals surface area contributed by atoms with E-state index in [1.165, 1.54) is 16.8 Å². The number of ether oxygens (including phenoxy) is 2. The summed E-state index contributed by atoms with van der Waals surface area (Å²) in [5.41, 5.74) is -2.04. The molecule has 41 heavy (non-hydrogen) atoms. The Morgan fingerprint density at radius 1 is 1.12 bits per heavy atom. The Bertz CT molecular complexity index is 1390. The van der Waals surface area contributed by atoms with E-state index in [1.807, 2.05) is 0 Å². The lowest BCUT2D eigenvalue weighted by molar-refractivity contribution is -0.137. The van der Waals surface area contributed by atoms with Crippen LogP contribution >= 0.6 is 0 Å². The molecule has 0 aromatic heterocycles. The van der Waals surface area contributed by atoms with Crippen LogP contribution in [0.15, 0.2) is 53.4 Å². The Morgan fingerprint density at radius 2 is 1.85 bits per heavy atom. The molecule has 1 aromatic rings. The lowest BCUT2D eigenvalue weighted by Gasteiger charge is -2.42. The predicted octanol–water partition coefficient (Wildman–Crippen LogP) is 3.10.